The maximum atomic E-state index is 6.10. The van der Waals surface area contributed by atoms with E-state index in [-0.39, 0.29) is 0 Å². The molecule has 0 spiro atoms. The summed E-state index contributed by atoms with van der Waals surface area (Å²) in [6.07, 6.45) is 6.59. The van der Waals surface area contributed by atoms with Crippen LogP contribution >= 0.6 is 0 Å². The molecule has 51 heavy (non-hydrogen) atoms. The van der Waals surface area contributed by atoms with Crippen molar-refractivity contribution in [2.45, 2.75) is 12.8 Å². The molecule has 0 saturated heterocycles. The second kappa shape index (κ2) is 11.0. The molecule has 1 aliphatic rings. The van der Waals surface area contributed by atoms with Gasteiger partial charge in [0.25, 0.3) is 0 Å². The van der Waals surface area contributed by atoms with E-state index in [4.69, 9.17) is 4.42 Å². The largest absolute Gasteiger partial charge is 0.456 e. The Balaban J connectivity index is 1.01. The zero-order valence-corrected chi connectivity index (χ0v) is 27.9. The molecule has 0 bridgehead atoms. The van der Waals surface area contributed by atoms with Gasteiger partial charge in [-0.3, -0.25) is 0 Å². The van der Waals surface area contributed by atoms with E-state index in [2.05, 4.69) is 167 Å². The van der Waals surface area contributed by atoms with E-state index in [1.165, 1.54) is 88.0 Å². The minimum Gasteiger partial charge on any atom is -0.456 e. The Hall–Kier alpha value is -6.58. The molecule has 3 nitrogen and oxygen atoms in total. The van der Waals surface area contributed by atoms with Crippen LogP contribution in [-0.2, 0) is 0 Å². The van der Waals surface area contributed by atoms with Crippen LogP contribution in [0, 0.1) is 0 Å². The zero-order valence-electron chi connectivity index (χ0n) is 27.9. The van der Waals surface area contributed by atoms with Gasteiger partial charge < -0.3 is 13.6 Å². The van der Waals surface area contributed by atoms with Crippen LogP contribution in [0.5, 0.6) is 0 Å². The van der Waals surface area contributed by atoms with E-state index in [1.54, 1.807) is 0 Å². The highest BCUT2D eigenvalue weighted by molar-refractivity contribution is 6.13. The van der Waals surface area contributed by atoms with Crippen LogP contribution in [0.15, 0.2) is 174 Å². The monoisotopic (exact) mass is 652 g/mol. The van der Waals surface area contributed by atoms with Gasteiger partial charge in [-0.2, -0.15) is 0 Å². The molecule has 3 aromatic heterocycles. The molecule has 7 aromatic carbocycles. The normalized spacial score (nSPS) is 13.6. The van der Waals surface area contributed by atoms with Crippen LogP contribution in [0.3, 0.4) is 0 Å². The first-order valence-electron chi connectivity index (χ1n) is 17.7. The molecule has 3 heteroatoms. The van der Waals surface area contributed by atoms with Gasteiger partial charge in [-0.05, 0) is 108 Å². The third-order valence-electron chi connectivity index (χ3n) is 10.9. The number of hydrogen-bond donors (Lipinski definition) is 0. The summed E-state index contributed by atoms with van der Waals surface area (Å²) in [6, 6.07) is 57.1. The number of furan rings is 1. The van der Waals surface area contributed by atoms with E-state index in [9.17, 15) is 0 Å². The molecule has 1 aliphatic carbocycles. The highest BCUT2D eigenvalue weighted by Crippen LogP contribution is 2.40. The average Bonchev–Trinajstić information content (AvgIpc) is 3.85. The van der Waals surface area contributed by atoms with Gasteiger partial charge in [0.05, 0.1) is 22.1 Å². The van der Waals surface area contributed by atoms with Gasteiger partial charge in [-0.15, -0.1) is 0 Å². The summed E-state index contributed by atoms with van der Waals surface area (Å²) in [7, 11) is 0. The number of nitrogens with zero attached hydrogens (tertiary/aromatic N) is 2. The second-order valence-electron chi connectivity index (χ2n) is 13.7. The van der Waals surface area contributed by atoms with Gasteiger partial charge in [0, 0.05) is 43.7 Å². The standard InChI is InChI=1S/C48H32N2O/c1-2-10-35(11-3-1)49-43-15-7-4-12-37(43)40-28-33(20-25-45(40)49)34-21-26-46-41(29-34)38-13-5-8-16-44(38)50(46)36-23-18-31(19-24-36)32-22-27-48-42(30-32)39-14-6-9-17-47(39)51-48/h1-18,20-23,25-30H,19,24H2. The lowest BCUT2D eigenvalue weighted by molar-refractivity contribution is 0.669. The number of allylic oxidation sites excluding steroid dienone is 4. The summed E-state index contributed by atoms with van der Waals surface area (Å²) in [5, 5.41) is 7.45. The first-order chi connectivity index (χ1) is 25.3. The molecule has 0 amide bonds. The topological polar surface area (TPSA) is 23.0 Å². The van der Waals surface area contributed by atoms with Crippen LogP contribution < -0.4 is 0 Å². The molecule has 3 heterocycles. The maximum Gasteiger partial charge on any atom is 0.135 e. The molecule has 0 unspecified atom stereocenters. The molecule has 240 valence electrons. The SMILES string of the molecule is C1=C(c2ccc3oc4ccccc4c3c2)CCC(n2c3ccccc3c3cc(-c4ccc5c(c4)c4ccccc4n5-c4ccccc4)ccc32)=C1. The Morgan fingerprint density at radius 2 is 0.922 bits per heavy atom. The lowest BCUT2D eigenvalue weighted by Crippen LogP contribution is -2.01. The van der Waals surface area contributed by atoms with Crippen molar-refractivity contribution in [2.75, 3.05) is 0 Å². The van der Waals surface area contributed by atoms with Crippen LogP contribution in [0.2, 0.25) is 0 Å². The fourth-order valence-corrected chi connectivity index (χ4v) is 8.45. The summed E-state index contributed by atoms with van der Waals surface area (Å²) in [5.74, 6) is 0. The van der Waals surface area contributed by atoms with Crippen LogP contribution in [-0.4, -0.2) is 9.13 Å². The second-order valence-corrected chi connectivity index (χ2v) is 13.7. The van der Waals surface area contributed by atoms with E-state index in [1.807, 2.05) is 12.1 Å². The van der Waals surface area contributed by atoms with E-state index < -0.39 is 0 Å². The van der Waals surface area contributed by atoms with Crippen molar-refractivity contribution in [1.29, 1.82) is 0 Å². The van der Waals surface area contributed by atoms with Crippen molar-refractivity contribution in [3.63, 3.8) is 0 Å². The molecular weight excluding hydrogens is 621 g/mol. The lowest BCUT2D eigenvalue weighted by Gasteiger charge is -2.18. The van der Waals surface area contributed by atoms with E-state index >= 15 is 0 Å². The Bertz CT molecular complexity index is 3070. The molecule has 0 aliphatic heterocycles. The molecule has 0 saturated carbocycles. The minimum absolute atomic E-state index is 0.940. The van der Waals surface area contributed by atoms with Crippen molar-refractivity contribution in [3.8, 4) is 16.8 Å². The van der Waals surface area contributed by atoms with Gasteiger partial charge >= 0.3 is 0 Å². The van der Waals surface area contributed by atoms with Gasteiger partial charge in [0.2, 0.25) is 0 Å². The van der Waals surface area contributed by atoms with E-state index in [0.29, 0.717) is 0 Å². The smallest absolute Gasteiger partial charge is 0.135 e. The van der Waals surface area contributed by atoms with Gasteiger partial charge in [0.15, 0.2) is 0 Å². The fourth-order valence-electron chi connectivity index (χ4n) is 8.45. The quantitative estimate of drug-likeness (QED) is 0.186. The predicted octanol–water partition coefficient (Wildman–Crippen LogP) is 13.2. The molecule has 0 radical (unpaired) electrons. The third kappa shape index (κ3) is 4.31. The summed E-state index contributed by atoms with van der Waals surface area (Å²) >= 11 is 0. The van der Waals surface area contributed by atoms with E-state index in [0.717, 1.165) is 24.0 Å². The number of benzene rings is 7. The van der Waals surface area contributed by atoms with Crippen molar-refractivity contribution < 1.29 is 4.42 Å². The maximum absolute atomic E-state index is 6.10. The first kappa shape index (κ1) is 28.3. The zero-order chi connectivity index (χ0) is 33.5. The average molecular weight is 653 g/mol. The molecule has 0 fully saturated rings. The number of fused-ring (bicyclic) bond motifs is 9. The Morgan fingerprint density at radius 1 is 0.373 bits per heavy atom. The number of rotatable bonds is 4. The van der Waals surface area contributed by atoms with Crippen molar-refractivity contribution in [3.05, 3.63) is 175 Å². The molecular formula is C48H32N2O. The minimum atomic E-state index is 0.940. The van der Waals surface area contributed by atoms with Crippen molar-refractivity contribution >= 4 is 76.8 Å². The Kier molecular flexibility index (Phi) is 6.08. The highest BCUT2D eigenvalue weighted by Gasteiger charge is 2.19. The number of aromatic nitrogens is 2. The van der Waals surface area contributed by atoms with Gasteiger partial charge in [-0.1, -0.05) is 97.1 Å². The van der Waals surface area contributed by atoms with Crippen molar-refractivity contribution in [1.82, 2.24) is 9.13 Å². The Morgan fingerprint density at radius 3 is 1.63 bits per heavy atom. The Labute approximate surface area is 294 Å². The summed E-state index contributed by atoms with van der Waals surface area (Å²) in [6.45, 7) is 0. The van der Waals surface area contributed by atoms with Crippen LogP contribution in [0.25, 0.3) is 93.6 Å². The van der Waals surface area contributed by atoms with Crippen LogP contribution in [0.4, 0.5) is 0 Å². The van der Waals surface area contributed by atoms with Crippen LogP contribution in [0.1, 0.15) is 18.4 Å². The molecule has 0 N–H and O–H groups in total. The number of para-hydroxylation sites is 4. The highest BCUT2D eigenvalue weighted by atomic mass is 16.3. The number of hydrogen-bond acceptors (Lipinski definition) is 1. The fraction of sp³-hybridized carbons (Fsp3) is 0.0417. The summed E-state index contributed by atoms with van der Waals surface area (Å²) in [4.78, 5) is 0. The molecule has 0 atom stereocenters. The van der Waals surface area contributed by atoms with Gasteiger partial charge in [-0.25, -0.2) is 0 Å². The van der Waals surface area contributed by atoms with Crippen molar-refractivity contribution in [2.24, 2.45) is 0 Å². The molecule has 10 aromatic rings. The summed E-state index contributed by atoms with van der Waals surface area (Å²) in [5.41, 5.74) is 14.4. The van der Waals surface area contributed by atoms with Gasteiger partial charge in [0.1, 0.15) is 11.2 Å². The summed E-state index contributed by atoms with van der Waals surface area (Å²) < 4.78 is 11.0. The molecule has 11 rings (SSSR count). The predicted molar refractivity (Wildman–Crippen MR) is 214 cm³/mol. The first-order valence-corrected chi connectivity index (χ1v) is 17.7. The third-order valence-corrected chi connectivity index (χ3v) is 10.9. The lowest BCUT2D eigenvalue weighted by atomic mass is 9.94.